The first-order valence-electron chi connectivity index (χ1n) is 6.65. The van der Waals surface area contributed by atoms with Crippen molar-refractivity contribution >= 4 is 60.9 Å². The first kappa shape index (κ1) is 15.3. The largest absolute Gasteiger partial charge is 0.0843 e. The molecule has 0 spiro atoms. The number of hydrogen-bond donors (Lipinski definition) is 0. The molecule has 0 saturated heterocycles. The molecule has 0 fully saturated rings. The molecule has 0 aromatic heterocycles. The number of rotatable bonds is 2. The average molecular weight is 472 g/mol. The summed E-state index contributed by atoms with van der Waals surface area (Å²) in [6.07, 6.45) is 0. The second-order valence-electron chi connectivity index (χ2n) is 5.05. The SMILES string of the molecule is Cc1ccc2ccccc2c1C(Br)c1cc(Cl)ccc1I. The molecule has 0 radical (unpaired) electrons. The molecule has 3 heteroatoms. The van der Waals surface area contributed by atoms with Crippen molar-refractivity contribution in [2.45, 2.75) is 11.8 Å². The van der Waals surface area contributed by atoms with Crippen molar-refractivity contribution in [1.82, 2.24) is 0 Å². The van der Waals surface area contributed by atoms with Crippen molar-refractivity contribution in [2.24, 2.45) is 0 Å². The molecule has 1 unspecified atom stereocenters. The van der Waals surface area contributed by atoms with E-state index in [0.29, 0.717) is 0 Å². The number of alkyl halides is 1. The van der Waals surface area contributed by atoms with Crippen LogP contribution in [0.3, 0.4) is 0 Å². The Hall–Kier alpha value is -0.580. The summed E-state index contributed by atoms with van der Waals surface area (Å²) in [6.45, 7) is 2.16. The summed E-state index contributed by atoms with van der Waals surface area (Å²) in [5.41, 5.74) is 3.81. The number of benzene rings is 3. The predicted molar refractivity (Wildman–Crippen MR) is 104 cm³/mol. The van der Waals surface area contributed by atoms with E-state index in [1.54, 1.807) is 0 Å². The minimum absolute atomic E-state index is 0.134. The van der Waals surface area contributed by atoms with Gasteiger partial charge in [-0.1, -0.05) is 63.9 Å². The van der Waals surface area contributed by atoms with Gasteiger partial charge in [-0.05, 0) is 75.2 Å². The third-order valence-corrected chi connectivity index (χ3v) is 5.84. The Morgan fingerprint density at radius 2 is 1.81 bits per heavy atom. The Morgan fingerprint density at radius 1 is 1.05 bits per heavy atom. The summed E-state index contributed by atoms with van der Waals surface area (Å²) >= 11 is 12.4. The lowest BCUT2D eigenvalue weighted by molar-refractivity contribution is 1.15. The monoisotopic (exact) mass is 470 g/mol. The molecule has 0 saturated carbocycles. The normalized spacial score (nSPS) is 12.6. The van der Waals surface area contributed by atoms with Crippen molar-refractivity contribution in [1.29, 1.82) is 0 Å². The number of hydrogen-bond acceptors (Lipinski definition) is 0. The number of fused-ring (bicyclic) bond motifs is 1. The van der Waals surface area contributed by atoms with Crippen molar-refractivity contribution in [3.8, 4) is 0 Å². The molecule has 0 bridgehead atoms. The van der Waals surface area contributed by atoms with Crippen LogP contribution in [0.25, 0.3) is 10.8 Å². The summed E-state index contributed by atoms with van der Waals surface area (Å²) in [5, 5.41) is 3.32. The van der Waals surface area contributed by atoms with Crippen molar-refractivity contribution in [3.05, 3.63) is 79.9 Å². The zero-order chi connectivity index (χ0) is 15.0. The zero-order valence-corrected chi connectivity index (χ0v) is 15.9. The molecular formula is C18H13BrClI. The maximum Gasteiger partial charge on any atom is 0.0664 e. The van der Waals surface area contributed by atoms with Gasteiger partial charge >= 0.3 is 0 Å². The highest BCUT2D eigenvalue weighted by Crippen LogP contribution is 2.40. The first-order chi connectivity index (χ1) is 10.1. The van der Waals surface area contributed by atoms with Crippen molar-refractivity contribution < 1.29 is 0 Å². The van der Waals surface area contributed by atoms with E-state index in [-0.39, 0.29) is 4.83 Å². The molecule has 0 aliphatic rings. The molecule has 0 nitrogen and oxygen atoms in total. The highest BCUT2D eigenvalue weighted by atomic mass is 127. The molecule has 21 heavy (non-hydrogen) atoms. The van der Waals surface area contributed by atoms with E-state index in [9.17, 15) is 0 Å². The fourth-order valence-corrected chi connectivity index (χ4v) is 4.85. The summed E-state index contributed by atoms with van der Waals surface area (Å²) in [6, 6.07) is 18.9. The lowest BCUT2D eigenvalue weighted by atomic mass is 9.94. The van der Waals surface area contributed by atoms with Crippen molar-refractivity contribution in [3.63, 3.8) is 0 Å². The smallest absolute Gasteiger partial charge is 0.0664 e. The van der Waals surface area contributed by atoms with Gasteiger partial charge in [-0.15, -0.1) is 0 Å². The summed E-state index contributed by atoms with van der Waals surface area (Å²) in [4.78, 5) is 0.134. The quantitative estimate of drug-likeness (QED) is 0.282. The summed E-state index contributed by atoms with van der Waals surface area (Å²) in [5.74, 6) is 0. The van der Waals surface area contributed by atoms with Crippen LogP contribution in [0.5, 0.6) is 0 Å². The molecule has 106 valence electrons. The van der Waals surface area contributed by atoms with Gasteiger partial charge < -0.3 is 0 Å². The second-order valence-corrected chi connectivity index (χ2v) is 7.56. The van der Waals surface area contributed by atoms with Crippen LogP contribution in [-0.2, 0) is 0 Å². The van der Waals surface area contributed by atoms with Gasteiger partial charge in [-0.3, -0.25) is 0 Å². The van der Waals surface area contributed by atoms with Crippen LogP contribution in [0.15, 0.2) is 54.6 Å². The Labute approximate surface area is 151 Å². The molecule has 0 aliphatic heterocycles. The van der Waals surface area contributed by atoms with E-state index in [0.717, 1.165) is 5.02 Å². The first-order valence-corrected chi connectivity index (χ1v) is 9.02. The highest BCUT2D eigenvalue weighted by molar-refractivity contribution is 14.1. The average Bonchev–Trinajstić information content (AvgIpc) is 2.49. The van der Waals surface area contributed by atoms with Gasteiger partial charge in [-0.25, -0.2) is 0 Å². The van der Waals surface area contributed by atoms with Crippen LogP contribution in [0.1, 0.15) is 21.5 Å². The van der Waals surface area contributed by atoms with E-state index >= 15 is 0 Å². The molecule has 0 N–H and O–H groups in total. The third kappa shape index (κ3) is 2.99. The van der Waals surface area contributed by atoms with Gasteiger partial charge in [0.25, 0.3) is 0 Å². The fourth-order valence-electron chi connectivity index (χ4n) is 2.61. The predicted octanol–water partition coefficient (Wildman–Crippen LogP) is 6.89. The number of halogens is 3. The van der Waals surface area contributed by atoms with Crippen LogP contribution in [0.2, 0.25) is 5.02 Å². The minimum Gasteiger partial charge on any atom is -0.0843 e. The van der Waals surface area contributed by atoms with Gasteiger partial charge in [0.15, 0.2) is 0 Å². The zero-order valence-electron chi connectivity index (χ0n) is 11.4. The van der Waals surface area contributed by atoms with E-state index in [1.165, 1.54) is 31.0 Å². The lowest BCUT2D eigenvalue weighted by Gasteiger charge is -2.18. The van der Waals surface area contributed by atoms with Crippen molar-refractivity contribution in [2.75, 3.05) is 0 Å². The topological polar surface area (TPSA) is 0 Å². The van der Waals surface area contributed by atoms with E-state index in [4.69, 9.17) is 11.6 Å². The van der Waals surface area contributed by atoms with Gasteiger partial charge in [0.1, 0.15) is 0 Å². The molecule has 3 aromatic rings. The number of aryl methyl sites for hydroxylation is 1. The molecule has 3 aromatic carbocycles. The van der Waals surface area contributed by atoms with Gasteiger partial charge in [0.05, 0.1) is 4.83 Å². The second kappa shape index (κ2) is 6.27. The molecule has 0 aliphatic carbocycles. The Balaban J connectivity index is 2.24. The van der Waals surface area contributed by atoms with Gasteiger partial charge in [-0.2, -0.15) is 0 Å². The fraction of sp³-hybridized carbons (Fsp3) is 0.111. The maximum atomic E-state index is 6.18. The minimum atomic E-state index is 0.134. The maximum absolute atomic E-state index is 6.18. The van der Waals surface area contributed by atoms with Crippen LogP contribution in [-0.4, -0.2) is 0 Å². The van der Waals surface area contributed by atoms with E-state index in [2.05, 4.69) is 87.9 Å². The summed E-state index contributed by atoms with van der Waals surface area (Å²) < 4.78 is 1.21. The van der Waals surface area contributed by atoms with Crippen LogP contribution < -0.4 is 0 Å². The highest BCUT2D eigenvalue weighted by Gasteiger charge is 2.18. The van der Waals surface area contributed by atoms with E-state index < -0.39 is 0 Å². The molecule has 0 amide bonds. The Kier molecular flexibility index (Phi) is 4.57. The Bertz CT molecular complexity index is 813. The summed E-state index contributed by atoms with van der Waals surface area (Å²) in [7, 11) is 0. The standard InChI is InChI=1S/C18H13BrClI/c1-11-6-7-12-4-2-3-5-14(12)17(11)18(19)15-10-13(20)8-9-16(15)21/h2-10,18H,1H3. The molecule has 1 atom stereocenters. The molecule has 0 heterocycles. The van der Waals surface area contributed by atoms with Gasteiger partial charge in [0.2, 0.25) is 0 Å². The molecular weight excluding hydrogens is 458 g/mol. The lowest BCUT2D eigenvalue weighted by Crippen LogP contribution is -1.99. The van der Waals surface area contributed by atoms with Crippen LogP contribution >= 0.6 is 50.1 Å². The van der Waals surface area contributed by atoms with Gasteiger partial charge in [0, 0.05) is 8.59 Å². The molecule has 3 rings (SSSR count). The van der Waals surface area contributed by atoms with E-state index in [1.807, 2.05) is 12.1 Å². The van der Waals surface area contributed by atoms with Crippen LogP contribution in [0, 0.1) is 10.5 Å². The van der Waals surface area contributed by atoms with Crippen LogP contribution in [0.4, 0.5) is 0 Å². The third-order valence-electron chi connectivity index (χ3n) is 3.67. The Morgan fingerprint density at radius 3 is 2.62 bits per heavy atom.